The zero-order chi connectivity index (χ0) is 26.5. The van der Waals surface area contributed by atoms with Crippen molar-refractivity contribution in [3.05, 3.63) is 29.6 Å². The third-order valence-electron chi connectivity index (χ3n) is 10.4. The van der Waals surface area contributed by atoms with Crippen LogP contribution in [-0.4, -0.2) is 77.1 Å². The topological polar surface area (TPSA) is 22.6 Å². The lowest BCUT2D eigenvalue weighted by Gasteiger charge is -2.41. The highest BCUT2D eigenvalue weighted by atomic mass is 15.2. The van der Waals surface area contributed by atoms with Gasteiger partial charge in [0.05, 0.1) is 0 Å². The molecule has 5 aliphatic rings. The highest BCUT2D eigenvalue weighted by Gasteiger charge is 2.43. The molecule has 1 aromatic rings. The van der Waals surface area contributed by atoms with E-state index in [1.54, 1.807) is 0 Å². The molecule has 2 spiro atoms. The van der Waals surface area contributed by atoms with Gasteiger partial charge >= 0.3 is 0 Å². The van der Waals surface area contributed by atoms with Crippen LogP contribution in [0.15, 0.2) is 18.3 Å². The van der Waals surface area contributed by atoms with E-state index in [1.165, 1.54) is 121 Å². The van der Waals surface area contributed by atoms with Crippen LogP contribution in [0.3, 0.4) is 0 Å². The lowest BCUT2D eigenvalue weighted by Crippen LogP contribution is -2.43. The highest BCUT2D eigenvalue weighted by molar-refractivity contribution is 5.29. The summed E-state index contributed by atoms with van der Waals surface area (Å²) in [5, 5.41) is 0. The third kappa shape index (κ3) is 8.04. The molecular weight excluding hydrogens is 464 g/mol. The van der Waals surface area contributed by atoms with E-state index in [0.717, 1.165) is 17.5 Å². The molecule has 4 nitrogen and oxygen atoms in total. The number of nitrogens with zero attached hydrogens (tertiary/aromatic N) is 4. The van der Waals surface area contributed by atoms with Gasteiger partial charge in [-0.3, -0.25) is 4.98 Å². The Kier molecular flexibility index (Phi) is 11.7. The lowest BCUT2D eigenvalue weighted by molar-refractivity contribution is 0.0891. The molecule has 4 heteroatoms. The largest absolute Gasteiger partial charge is 0.301 e. The summed E-state index contributed by atoms with van der Waals surface area (Å²) < 4.78 is 0. The lowest BCUT2D eigenvalue weighted by atomic mass is 9.68. The fraction of sp³-hybridized carbons (Fsp3) is 0.853. The second kappa shape index (κ2) is 14.1. The van der Waals surface area contributed by atoms with Crippen molar-refractivity contribution in [3.8, 4) is 0 Å². The first-order chi connectivity index (χ1) is 17.7. The molecule has 218 valence electrons. The van der Waals surface area contributed by atoms with Crippen LogP contribution in [-0.2, 0) is 12.8 Å². The molecule has 3 saturated heterocycles. The number of aromatic nitrogens is 1. The fourth-order valence-electron chi connectivity index (χ4n) is 7.41. The normalized spacial score (nSPS) is 24.4. The van der Waals surface area contributed by atoms with Crippen molar-refractivity contribution in [2.45, 2.75) is 138 Å². The molecule has 1 aromatic heterocycles. The smallest absolute Gasteiger partial charge is 0.0441 e. The minimum atomic E-state index is 0. The van der Waals surface area contributed by atoms with Gasteiger partial charge in [0.25, 0.3) is 0 Å². The van der Waals surface area contributed by atoms with Gasteiger partial charge in [-0.1, -0.05) is 26.3 Å². The van der Waals surface area contributed by atoms with Crippen LogP contribution in [0.2, 0.25) is 0 Å². The van der Waals surface area contributed by atoms with Gasteiger partial charge in [0.1, 0.15) is 0 Å². The second-order valence-corrected chi connectivity index (χ2v) is 14.0. The number of pyridine rings is 1. The van der Waals surface area contributed by atoms with Crippen molar-refractivity contribution in [2.24, 2.45) is 10.8 Å². The Labute approximate surface area is 237 Å². The van der Waals surface area contributed by atoms with Crippen LogP contribution in [0, 0.1) is 10.8 Å². The fourth-order valence-corrected chi connectivity index (χ4v) is 7.41. The standard InChI is InChI=1S/C15H22N2.C10H19N.C8H17N.CH4/c1-12(2)17-8-5-15(6-9-17)10-13-4-3-7-16-14(13)11-15;1-9(2)11-7-6-10(8-11)4-3-5-10;1-8(2)9-6-4-3-5-7-9;/h3-4,7,12H,5-6,8-11H2,1-2H3;9H,3-8H2,1-2H3;8H,3-7H2,1-2H3;1H4. The number of hydrogen-bond acceptors (Lipinski definition) is 4. The van der Waals surface area contributed by atoms with Crippen molar-refractivity contribution in [1.82, 2.24) is 19.7 Å². The maximum atomic E-state index is 4.55. The quantitative estimate of drug-likeness (QED) is 0.408. The molecule has 0 bridgehead atoms. The zero-order valence-electron chi connectivity index (χ0n) is 25.3. The Morgan fingerprint density at radius 2 is 1.18 bits per heavy atom. The first-order valence-electron chi connectivity index (χ1n) is 15.9. The third-order valence-corrected chi connectivity index (χ3v) is 10.4. The van der Waals surface area contributed by atoms with Crippen LogP contribution in [0.4, 0.5) is 0 Å². The molecule has 1 saturated carbocycles. The van der Waals surface area contributed by atoms with Crippen LogP contribution in [0.5, 0.6) is 0 Å². The highest BCUT2D eigenvalue weighted by Crippen LogP contribution is 2.48. The SMILES string of the molecule is C.CC(C)N1CCC2(CC1)Cc1cccnc1C2.CC(C)N1CCC2(CCC2)C1.CC(C)N1CCCCC1. The summed E-state index contributed by atoms with van der Waals surface area (Å²) in [5.74, 6) is 0. The van der Waals surface area contributed by atoms with E-state index in [9.17, 15) is 0 Å². The summed E-state index contributed by atoms with van der Waals surface area (Å²) in [6.45, 7) is 21.8. The minimum Gasteiger partial charge on any atom is -0.301 e. The predicted octanol–water partition coefficient (Wildman–Crippen LogP) is 7.46. The molecule has 3 aliphatic heterocycles. The molecule has 0 atom stereocenters. The van der Waals surface area contributed by atoms with E-state index in [0.29, 0.717) is 11.5 Å². The average molecular weight is 527 g/mol. The molecule has 0 aromatic carbocycles. The van der Waals surface area contributed by atoms with Crippen LogP contribution in [0.1, 0.15) is 118 Å². The summed E-state index contributed by atoms with van der Waals surface area (Å²) in [5.41, 5.74) is 4.21. The van der Waals surface area contributed by atoms with Crippen molar-refractivity contribution >= 4 is 0 Å². The Morgan fingerprint density at radius 3 is 1.63 bits per heavy atom. The summed E-state index contributed by atoms with van der Waals surface area (Å²) in [4.78, 5) is 12.4. The molecule has 0 unspecified atom stereocenters. The predicted molar refractivity (Wildman–Crippen MR) is 165 cm³/mol. The average Bonchev–Trinajstić information content (AvgIpc) is 3.48. The summed E-state index contributed by atoms with van der Waals surface area (Å²) >= 11 is 0. The molecule has 6 rings (SSSR count). The maximum Gasteiger partial charge on any atom is 0.0441 e. The molecule has 38 heavy (non-hydrogen) atoms. The van der Waals surface area contributed by atoms with E-state index in [4.69, 9.17) is 0 Å². The summed E-state index contributed by atoms with van der Waals surface area (Å²) in [7, 11) is 0. The van der Waals surface area contributed by atoms with E-state index < -0.39 is 0 Å². The maximum absolute atomic E-state index is 4.55. The van der Waals surface area contributed by atoms with Gasteiger partial charge in [0.2, 0.25) is 0 Å². The zero-order valence-corrected chi connectivity index (χ0v) is 25.3. The Balaban J connectivity index is 0.000000166. The van der Waals surface area contributed by atoms with Crippen molar-refractivity contribution in [3.63, 3.8) is 0 Å². The van der Waals surface area contributed by atoms with Crippen molar-refractivity contribution in [2.75, 3.05) is 39.3 Å². The van der Waals surface area contributed by atoms with Gasteiger partial charge in [-0.15, -0.1) is 0 Å². The second-order valence-electron chi connectivity index (χ2n) is 14.0. The van der Waals surface area contributed by atoms with Gasteiger partial charge < -0.3 is 14.7 Å². The van der Waals surface area contributed by atoms with Gasteiger partial charge in [-0.25, -0.2) is 0 Å². The van der Waals surface area contributed by atoms with Crippen LogP contribution >= 0.6 is 0 Å². The van der Waals surface area contributed by atoms with E-state index in [-0.39, 0.29) is 7.43 Å². The molecule has 4 heterocycles. The molecule has 0 N–H and O–H groups in total. The Bertz CT molecular complexity index is 787. The van der Waals surface area contributed by atoms with Gasteiger partial charge in [0.15, 0.2) is 0 Å². The number of fused-ring (bicyclic) bond motifs is 1. The van der Waals surface area contributed by atoms with Crippen LogP contribution < -0.4 is 0 Å². The summed E-state index contributed by atoms with van der Waals surface area (Å²) in [6.07, 6.45) is 17.4. The Hall–Kier alpha value is -0.970. The first kappa shape index (κ1) is 31.6. The molecule has 0 radical (unpaired) electrons. The Morgan fingerprint density at radius 1 is 0.632 bits per heavy atom. The number of piperidine rings is 2. The summed E-state index contributed by atoms with van der Waals surface area (Å²) in [6, 6.07) is 6.60. The number of hydrogen-bond donors (Lipinski definition) is 0. The van der Waals surface area contributed by atoms with E-state index in [2.05, 4.69) is 73.4 Å². The van der Waals surface area contributed by atoms with Crippen LogP contribution in [0.25, 0.3) is 0 Å². The van der Waals surface area contributed by atoms with Gasteiger partial charge in [-0.2, -0.15) is 0 Å². The van der Waals surface area contributed by atoms with Gasteiger partial charge in [0, 0.05) is 36.6 Å². The van der Waals surface area contributed by atoms with Crippen molar-refractivity contribution < 1.29 is 0 Å². The minimum absolute atomic E-state index is 0. The monoisotopic (exact) mass is 526 g/mol. The number of likely N-dealkylation sites (tertiary alicyclic amines) is 3. The molecular formula is C34H62N4. The van der Waals surface area contributed by atoms with Gasteiger partial charge in [-0.05, 0) is 155 Å². The first-order valence-corrected chi connectivity index (χ1v) is 15.9. The van der Waals surface area contributed by atoms with E-state index in [1.807, 2.05) is 6.20 Å². The van der Waals surface area contributed by atoms with Crippen molar-refractivity contribution in [1.29, 1.82) is 0 Å². The molecule has 2 aliphatic carbocycles. The number of rotatable bonds is 3. The molecule has 0 amide bonds. The molecule has 4 fully saturated rings. The van der Waals surface area contributed by atoms with E-state index >= 15 is 0 Å².